The second-order valence-electron chi connectivity index (χ2n) is 4.72. The van der Waals surface area contributed by atoms with Crippen molar-refractivity contribution >= 4 is 11.7 Å². The Hall–Kier alpha value is -1.51. The highest BCUT2D eigenvalue weighted by atomic mass is 16.4. The molecule has 1 N–H and O–H groups in total. The number of aliphatic carboxylic acids is 1. The highest BCUT2D eigenvalue weighted by Crippen LogP contribution is 2.31. The van der Waals surface area contributed by atoms with Crippen LogP contribution in [0.25, 0.3) is 0 Å². The molecule has 92 valence electrons. The van der Waals surface area contributed by atoms with Crippen molar-refractivity contribution < 1.29 is 9.90 Å². The quantitative estimate of drug-likeness (QED) is 0.869. The number of carboxylic acid groups (broad SMARTS) is 1. The molecule has 2 rings (SSSR count). The molecule has 1 heterocycles. The van der Waals surface area contributed by atoms with Crippen LogP contribution in [0.5, 0.6) is 0 Å². The molecule has 0 fully saturated rings. The number of fused-ring (bicyclic) bond motifs is 1. The summed E-state index contributed by atoms with van der Waals surface area (Å²) < 4.78 is 0. The third kappa shape index (κ3) is 2.43. The van der Waals surface area contributed by atoms with Gasteiger partial charge < -0.3 is 10.0 Å². The first-order valence-electron chi connectivity index (χ1n) is 6.21. The van der Waals surface area contributed by atoms with Crippen LogP contribution in [0, 0.1) is 0 Å². The Bertz CT molecular complexity index is 428. The number of nitrogens with zero attached hydrogens (tertiary/aromatic N) is 1. The SMILES string of the molecule is CCN1CCc2ccc(C(C)CC(=O)O)cc21. The molecule has 3 nitrogen and oxygen atoms in total. The second-order valence-corrected chi connectivity index (χ2v) is 4.72. The van der Waals surface area contributed by atoms with Crippen molar-refractivity contribution in [2.75, 3.05) is 18.0 Å². The number of anilines is 1. The molecule has 1 aromatic carbocycles. The number of likely N-dealkylation sites (N-methyl/N-ethyl adjacent to an activating group) is 1. The fraction of sp³-hybridized carbons (Fsp3) is 0.500. The van der Waals surface area contributed by atoms with Gasteiger partial charge in [-0.2, -0.15) is 0 Å². The zero-order valence-electron chi connectivity index (χ0n) is 10.4. The molecule has 0 amide bonds. The van der Waals surface area contributed by atoms with Crippen molar-refractivity contribution in [1.29, 1.82) is 0 Å². The van der Waals surface area contributed by atoms with E-state index in [2.05, 4.69) is 30.0 Å². The summed E-state index contributed by atoms with van der Waals surface area (Å²) in [7, 11) is 0. The topological polar surface area (TPSA) is 40.5 Å². The summed E-state index contributed by atoms with van der Waals surface area (Å²) >= 11 is 0. The van der Waals surface area contributed by atoms with Crippen molar-refractivity contribution in [1.82, 2.24) is 0 Å². The van der Waals surface area contributed by atoms with Gasteiger partial charge in [0.05, 0.1) is 6.42 Å². The van der Waals surface area contributed by atoms with E-state index in [1.165, 1.54) is 11.3 Å². The molecule has 1 atom stereocenters. The van der Waals surface area contributed by atoms with E-state index < -0.39 is 5.97 Å². The highest BCUT2D eigenvalue weighted by Gasteiger charge is 2.19. The van der Waals surface area contributed by atoms with Gasteiger partial charge in [0.25, 0.3) is 0 Å². The minimum atomic E-state index is -0.731. The smallest absolute Gasteiger partial charge is 0.303 e. The van der Waals surface area contributed by atoms with Gasteiger partial charge in [-0.15, -0.1) is 0 Å². The molecule has 0 saturated heterocycles. The minimum absolute atomic E-state index is 0.0807. The van der Waals surface area contributed by atoms with Crippen LogP contribution >= 0.6 is 0 Å². The molecular formula is C14H19NO2. The first kappa shape index (κ1) is 12.0. The summed E-state index contributed by atoms with van der Waals surface area (Å²) in [5, 5.41) is 8.83. The van der Waals surface area contributed by atoms with Gasteiger partial charge in [-0.1, -0.05) is 19.1 Å². The van der Waals surface area contributed by atoms with E-state index >= 15 is 0 Å². The lowest BCUT2D eigenvalue weighted by atomic mass is 9.96. The van der Waals surface area contributed by atoms with Crippen molar-refractivity contribution in [3.05, 3.63) is 29.3 Å². The summed E-state index contributed by atoms with van der Waals surface area (Å²) in [5.41, 5.74) is 3.81. The van der Waals surface area contributed by atoms with Crippen molar-refractivity contribution in [3.8, 4) is 0 Å². The van der Waals surface area contributed by atoms with E-state index in [1.54, 1.807) is 0 Å². The molecule has 1 unspecified atom stereocenters. The van der Waals surface area contributed by atoms with Crippen molar-refractivity contribution in [3.63, 3.8) is 0 Å². The van der Waals surface area contributed by atoms with Crippen LogP contribution < -0.4 is 4.90 Å². The Morgan fingerprint density at radius 1 is 1.53 bits per heavy atom. The predicted molar refractivity (Wildman–Crippen MR) is 68.7 cm³/mol. The Labute approximate surface area is 102 Å². The van der Waals surface area contributed by atoms with E-state index in [4.69, 9.17) is 5.11 Å². The van der Waals surface area contributed by atoms with E-state index in [9.17, 15) is 4.79 Å². The largest absolute Gasteiger partial charge is 0.481 e. The van der Waals surface area contributed by atoms with Crippen LogP contribution in [0.15, 0.2) is 18.2 Å². The Morgan fingerprint density at radius 2 is 2.29 bits per heavy atom. The van der Waals surface area contributed by atoms with Gasteiger partial charge in [-0.05, 0) is 36.5 Å². The maximum atomic E-state index is 10.7. The number of carboxylic acids is 1. The van der Waals surface area contributed by atoms with Gasteiger partial charge in [-0.25, -0.2) is 0 Å². The predicted octanol–water partition coefficient (Wildman–Crippen LogP) is 2.65. The van der Waals surface area contributed by atoms with Gasteiger partial charge in [-0.3, -0.25) is 4.79 Å². The molecule has 0 saturated carbocycles. The molecule has 0 aliphatic carbocycles. The van der Waals surface area contributed by atoms with Gasteiger partial charge in [0.2, 0.25) is 0 Å². The second kappa shape index (κ2) is 4.78. The van der Waals surface area contributed by atoms with E-state index in [1.807, 2.05) is 6.92 Å². The molecular weight excluding hydrogens is 214 g/mol. The molecule has 0 spiro atoms. The summed E-state index contributed by atoms with van der Waals surface area (Å²) in [5.74, 6) is -0.651. The van der Waals surface area contributed by atoms with Gasteiger partial charge in [0.1, 0.15) is 0 Å². The van der Waals surface area contributed by atoms with E-state index in [0.717, 1.165) is 25.1 Å². The van der Waals surface area contributed by atoms with Crippen LogP contribution in [0.1, 0.15) is 37.3 Å². The number of hydrogen-bond acceptors (Lipinski definition) is 2. The van der Waals surface area contributed by atoms with Crippen LogP contribution in [0.2, 0.25) is 0 Å². The first-order chi connectivity index (χ1) is 8.11. The van der Waals surface area contributed by atoms with Crippen LogP contribution in [0.3, 0.4) is 0 Å². The average Bonchev–Trinajstić information content (AvgIpc) is 2.69. The first-order valence-corrected chi connectivity index (χ1v) is 6.21. The number of carbonyl (C=O) groups is 1. The molecule has 0 bridgehead atoms. The summed E-state index contributed by atoms with van der Waals surface area (Å²) in [6.07, 6.45) is 1.31. The molecule has 17 heavy (non-hydrogen) atoms. The molecule has 3 heteroatoms. The zero-order valence-corrected chi connectivity index (χ0v) is 10.4. The standard InChI is InChI=1S/C14H19NO2/c1-3-15-7-6-11-4-5-12(9-13(11)15)10(2)8-14(16)17/h4-5,9-10H,3,6-8H2,1-2H3,(H,16,17). The number of benzene rings is 1. The maximum Gasteiger partial charge on any atom is 0.303 e. The third-order valence-electron chi connectivity index (χ3n) is 3.53. The highest BCUT2D eigenvalue weighted by molar-refractivity contribution is 5.68. The van der Waals surface area contributed by atoms with Gasteiger partial charge >= 0.3 is 5.97 Å². The summed E-state index contributed by atoms with van der Waals surface area (Å²) in [6, 6.07) is 6.39. The molecule has 0 radical (unpaired) electrons. The fourth-order valence-corrected chi connectivity index (χ4v) is 2.48. The van der Waals surface area contributed by atoms with Crippen molar-refractivity contribution in [2.45, 2.75) is 32.6 Å². The van der Waals surface area contributed by atoms with E-state index in [0.29, 0.717) is 0 Å². The molecule has 1 aliphatic heterocycles. The van der Waals surface area contributed by atoms with Crippen molar-refractivity contribution in [2.24, 2.45) is 0 Å². The van der Waals surface area contributed by atoms with Gasteiger partial charge in [0.15, 0.2) is 0 Å². The fourth-order valence-electron chi connectivity index (χ4n) is 2.48. The summed E-state index contributed by atoms with van der Waals surface area (Å²) in [4.78, 5) is 13.1. The third-order valence-corrected chi connectivity index (χ3v) is 3.53. The van der Waals surface area contributed by atoms with Crippen LogP contribution in [-0.4, -0.2) is 24.2 Å². The lowest BCUT2D eigenvalue weighted by Crippen LogP contribution is -2.19. The molecule has 1 aromatic rings. The monoisotopic (exact) mass is 233 g/mol. The lowest BCUT2D eigenvalue weighted by Gasteiger charge is -2.18. The zero-order chi connectivity index (χ0) is 12.4. The molecule has 0 aromatic heterocycles. The maximum absolute atomic E-state index is 10.7. The number of rotatable bonds is 4. The Kier molecular flexibility index (Phi) is 3.36. The van der Waals surface area contributed by atoms with E-state index in [-0.39, 0.29) is 12.3 Å². The van der Waals surface area contributed by atoms with Crippen LogP contribution in [-0.2, 0) is 11.2 Å². The Morgan fingerprint density at radius 3 is 2.94 bits per heavy atom. The molecule has 1 aliphatic rings. The Balaban J connectivity index is 2.24. The summed E-state index contributed by atoms with van der Waals surface area (Å²) in [6.45, 7) is 6.23. The average molecular weight is 233 g/mol. The lowest BCUT2D eigenvalue weighted by molar-refractivity contribution is -0.137. The number of hydrogen-bond donors (Lipinski definition) is 1. The van der Waals surface area contributed by atoms with Gasteiger partial charge in [0, 0.05) is 18.8 Å². The van der Waals surface area contributed by atoms with Crippen LogP contribution in [0.4, 0.5) is 5.69 Å². The normalized spacial score (nSPS) is 15.8. The minimum Gasteiger partial charge on any atom is -0.481 e.